The van der Waals surface area contributed by atoms with Crippen molar-refractivity contribution >= 4 is 23.7 Å². The lowest BCUT2D eigenvalue weighted by Gasteiger charge is -2.30. The Hall–Kier alpha value is -0.940. The molecule has 2 heterocycles. The molecule has 0 amide bonds. The van der Waals surface area contributed by atoms with Crippen LogP contribution in [0, 0.1) is 12.8 Å². The van der Waals surface area contributed by atoms with Crippen LogP contribution in [0.3, 0.4) is 0 Å². The quantitative estimate of drug-likeness (QED) is 0.924. The van der Waals surface area contributed by atoms with Crippen molar-refractivity contribution in [3.8, 4) is 10.6 Å². The Balaban J connectivity index is 0.00000176. The van der Waals surface area contributed by atoms with Gasteiger partial charge in [0, 0.05) is 17.5 Å². The van der Waals surface area contributed by atoms with E-state index in [0.29, 0.717) is 0 Å². The van der Waals surface area contributed by atoms with E-state index in [1.54, 1.807) is 11.3 Å². The second-order valence-corrected chi connectivity index (χ2v) is 6.82. The summed E-state index contributed by atoms with van der Waals surface area (Å²) in [4.78, 5) is 7.30. The molecule has 0 aliphatic carbocycles. The van der Waals surface area contributed by atoms with Gasteiger partial charge >= 0.3 is 0 Å². The molecule has 5 heteroatoms. The third-order valence-corrected chi connectivity index (χ3v) is 5.22. The number of halogens is 1. The van der Waals surface area contributed by atoms with E-state index < -0.39 is 0 Å². The van der Waals surface area contributed by atoms with Crippen LogP contribution in [0.4, 0.5) is 0 Å². The topological polar surface area (TPSA) is 42.2 Å². The molecule has 1 fully saturated rings. The van der Waals surface area contributed by atoms with Crippen LogP contribution in [0.25, 0.3) is 10.6 Å². The minimum absolute atomic E-state index is 0. The van der Waals surface area contributed by atoms with Gasteiger partial charge in [-0.05, 0) is 45.3 Å². The monoisotopic (exact) mass is 337 g/mol. The van der Waals surface area contributed by atoms with Crippen molar-refractivity contribution in [2.75, 3.05) is 19.6 Å². The zero-order valence-corrected chi connectivity index (χ0v) is 14.6. The van der Waals surface area contributed by atoms with Crippen LogP contribution in [-0.2, 0) is 6.54 Å². The summed E-state index contributed by atoms with van der Waals surface area (Å²) in [6.45, 7) is 6.22. The molecule has 0 saturated carbocycles. The number of aromatic nitrogens is 1. The van der Waals surface area contributed by atoms with Gasteiger partial charge in [0.25, 0.3) is 0 Å². The number of nitrogens with zero attached hydrogens (tertiary/aromatic N) is 2. The molecule has 1 aromatic heterocycles. The molecule has 0 radical (unpaired) electrons. The van der Waals surface area contributed by atoms with Crippen LogP contribution in [-0.4, -0.2) is 29.5 Å². The molecular formula is C17H24ClN3S. The lowest BCUT2D eigenvalue weighted by atomic mass is 9.97. The van der Waals surface area contributed by atoms with Crippen LogP contribution in [0.1, 0.15) is 24.1 Å². The summed E-state index contributed by atoms with van der Waals surface area (Å²) in [6, 6.07) is 8.61. The van der Waals surface area contributed by atoms with Gasteiger partial charge in [0.15, 0.2) is 0 Å². The standard InChI is InChI=1S/C17H23N3S.ClH/c1-13-2-4-15(5-3-13)17-19-16(12-21-17)11-20-8-6-14(10-18)7-9-20;/h2-5,12,14H,6-11,18H2,1H3;1H. The number of aryl methyl sites for hydroxylation is 1. The van der Waals surface area contributed by atoms with Gasteiger partial charge < -0.3 is 5.73 Å². The van der Waals surface area contributed by atoms with Gasteiger partial charge in [0.05, 0.1) is 5.69 Å². The number of benzene rings is 1. The summed E-state index contributed by atoms with van der Waals surface area (Å²) < 4.78 is 0. The van der Waals surface area contributed by atoms with Crippen molar-refractivity contribution < 1.29 is 0 Å². The minimum atomic E-state index is 0. The summed E-state index contributed by atoms with van der Waals surface area (Å²) in [5.41, 5.74) is 9.46. The van der Waals surface area contributed by atoms with E-state index in [-0.39, 0.29) is 12.4 Å². The molecular weight excluding hydrogens is 314 g/mol. The number of nitrogens with two attached hydrogens (primary N) is 1. The van der Waals surface area contributed by atoms with Crippen LogP contribution >= 0.6 is 23.7 Å². The predicted molar refractivity (Wildman–Crippen MR) is 96.6 cm³/mol. The molecule has 1 aliphatic heterocycles. The van der Waals surface area contributed by atoms with Crippen molar-refractivity contribution in [1.29, 1.82) is 0 Å². The summed E-state index contributed by atoms with van der Waals surface area (Å²) in [5, 5.41) is 3.33. The second kappa shape index (κ2) is 8.06. The fraction of sp³-hybridized carbons (Fsp3) is 0.471. The summed E-state index contributed by atoms with van der Waals surface area (Å²) >= 11 is 1.74. The first kappa shape index (κ1) is 17.4. The largest absolute Gasteiger partial charge is 0.330 e. The SMILES string of the molecule is Cc1ccc(-c2nc(CN3CCC(CN)CC3)cs2)cc1.Cl. The Kier molecular flexibility index (Phi) is 6.38. The fourth-order valence-corrected chi connectivity index (χ4v) is 3.63. The summed E-state index contributed by atoms with van der Waals surface area (Å²) in [6.07, 6.45) is 2.46. The van der Waals surface area contributed by atoms with Crippen molar-refractivity contribution in [2.24, 2.45) is 11.7 Å². The lowest BCUT2D eigenvalue weighted by Crippen LogP contribution is -2.35. The van der Waals surface area contributed by atoms with Crippen LogP contribution < -0.4 is 5.73 Å². The van der Waals surface area contributed by atoms with Crippen molar-refractivity contribution in [2.45, 2.75) is 26.3 Å². The predicted octanol–water partition coefficient (Wildman–Crippen LogP) is 3.71. The molecule has 0 spiro atoms. The van der Waals surface area contributed by atoms with Gasteiger partial charge in [0.2, 0.25) is 0 Å². The minimum Gasteiger partial charge on any atom is -0.330 e. The average Bonchev–Trinajstić information content (AvgIpc) is 2.97. The zero-order chi connectivity index (χ0) is 14.7. The molecule has 0 unspecified atom stereocenters. The highest BCUT2D eigenvalue weighted by Gasteiger charge is 2.18. The van der Waals surface area contributed by atoms with E-state index in [4.69, 9.17) is 10.7 Å². The Morgan fingerprint density at radius 2 is 1.91 bits per heavy atom. The Morgan fingerprint density at radius 1 is 1.23 bits per heavy atom. The Morgan fingerprint density at radius 3 is 2.55 bits per heavy atom. The van der Waals surface area contributed by atoms with Gasteiger partial charge in [-0.15, -0.1) is 23.7 Å². The van der Waals surface area contributed by atoms with Gasteiger partial charge in [-0.25, -0.2) is 4.98 Å². The highest BCUT2D eigenvalue weighted by molar-refractivity contribution is 7.13. The maximum atomic E-state index is 5.75. The van der Waals surface area contributed by atoms with E-state index in [0.717, 1.165) is 37.1 Å². The highest BCUT2D eigenvalue weighted by atomic mass is 35.5. The maximum absolute atomic E-state index is 5.75. The Bertz CT molecular complexity index is 574. The van der Waals surface area contributed by atoms with E-state index in [9.17, 15) is 0 Å². The van der Waals surface area contributed by atoms with Crippen molar-refractivity contribution in [1.82, 2.24) is 9.88 Å². The smallest absolute Gasteiger partial charge is 0.123 e. The lowest BCUT2D eigenvalue weighted by molar-refractivity contribution is 0.179. The number of piperidine rings is 1. The first-order chi connectivity index (χ1) is 10.2. The second-order valence-electron chi connectivity index (χ2n) is 5.97. The molecule has 1 aliphatic rings. The molecule has 0 atom stereocenters. The van der Waals surface area contributed by atoms with Crippen molar-refractivity contribution in [3.05, 3.63) is 40.9 Å². The van der Waals surface area contributed by atoms with Crippen LogP contribution in [0.5, 0.6) is 0 Å². The van der Waals surface area contributed by atoms with E-state index in [2.05, 4.69) is 41.5 Å². The third kappa shape index (κ3) is 4.29. The van der Waals surface area contributed by atoms with Crippen LogP contribution in [0.2, 0.25) is 0 Å². The molecule has 1 aromatic carbocycles. The first-order valence-electron chi connectivity index (χ1n) is 7.68. The van der Waals surface area contributed by atoms with E-state index in [1.807, 2.05) is 0 Å². The number of rotatable bonds is 4. The number of hydrogen-bond donors (Lipinski definition) is 1. The van der Waals surface area contributed by atoms with Gasteiger partial charge in [-0.1, -0.05) is 29.8 Å². The zero-order valence-electron chi connectivity index (χ0n) is 13.0. The summed E-state index contributed by atoms with van der Waals surface area (Å²) in [7, 11) is 0. The summed E-state index contributed by atoms with van der Waals surface area (Å²) in [5.74, 6) is 0.722. The Labute approximate surface area is 143 Å². The molecule has 3 rings (SSSR count). The van der Waals surface area contributed by atoms with Crippen LogP contribution in [0.15, 0.2) is 29.6 Å². The molecule has 22 heavy (non-hydrogen) atoms. The molecule has 120 valence electrons. The maximum Gasteiger partial charge on any atom is 0.123 e. The number of hydrogen-bond acceptors (Lipinski definition) is 4. The average molecular weight is 338 g/mol. The van der Waals surface area contributed by atoms with E-state index >= 15 is 0 Å². The van der Waals surface area contributed by atoms with E-state index in [1.165, 1.54) is 29.7 Å². The number of likely N-dealkylation sites (tertiary alicyclic amines) is 1. The fourth-order valence-electron chi connectivity index (χ4n) is 2.82. The molecule has 1 saturated heterocycles. The molecule has 2 N–H and O–H groups in total. The molecule has 3 nitrogen and oxygen atoms in total. The third-order valence-electron chi connectivity index (χ3n) is 4.28. The van der Waals surface area contributed by atoms with Gasteiger partial charge in [-0.3, -0.25) is 4.90 Å². The van der Waals surface area contributed by atoms with Crippen molar-refractivity contribution in [3.63, 3.8) is 0 Å². The van der Waals surface area contributed by atoms with Gasteiger partial charge in [-0.2, -0.15) is 0 Å². The molecule has 0 bridgehead atoms. The normalized spacial score (nSPS) is 16.5. The number of thiazole rings is 1. The highest BCUT2D eigenvalue weighted by Crippen LogP contribution is 2.25. The first-order valence-corrected chi connectivity index (χ1v) is 8.56. The molecule has 2 aromatic rings. The van der Waals surface area contributed by atoms with Gasteiger partial charge in [0.1, 0.15) is 5.01 Å².